The topological polar surface area (TPSA) is 46.4 Å². The average molecular weight is 311 g/mol. The van der Waals surface area contributed by atoms with Crippen LogP contribution < -0.4 is 10.9 Å². The maximum absolute atomic E-state index is 13.3. The van der Waals surface area contributed by atoms with E-state index in [1.54, 1.807) is 12.3 Å². The summed E-state index contributed by atoms with van der Waals surface area (Å²) in [5.74, 6) is -0.256. The molecule has 118 valence electrons. The van der Waals surface area contributed by atoms with Crippen LogP contribution in [0.5, 0.6) is 0 Å². The van der Waals surface area contributed by atoms with Gasteiger partial charge in [-0.15, -0.1) is 0 Å². The Balaban J connectivity index is 1.82. The van der Waals surface area contributed by atoms with Gasteiger partial charge in [-0.25, -0.2) is 9.37 Å². The Morgan fingerprint density at radius 2 is 2.09 bits per heavy atom. The molecular weight excluding hydrogens is 293 g/mol. The number of rotatable bonds is 4. The third kappa shape index (κ3) is 3.29. The van der Waals surface area contributed by atoms with E-state index in [4.69, 9.17) is 0 Å². The molecule has 5 heteroatoms. The van der Waals surface area contributed by atoms with Gasteiger partial charge in [-0.05, 0) is 43.2 Å². The van der Waals surface area contributed by atoms with Crippen molar-refractivity contribution in [1.82, 2.24) is 14.7 Å². The highest BCUT2D eigenvalue weighted by atomic mass is 19.1. The van der Waals surface area contributed by atoms with Crippen LogP contribution in [-0.4, -0.2) is 9.38 Å². The molecule has 0 radical (unpaired) electrons. The highest BCUT2D eigenvalue weighted by molar-refractivity contribution is 5.46. The van der Waals surface area contributed by atoms with Crippen molar-refractivity contribution in [2.24, 2.45) is 0 Å². The average Bonchev–Trinajstić information content (AvgIpc) is 2.53. The lowest BCUT2D eigenvalue weighted by atomic mass is 10.1. The predicted octanol–water partition coefficient (Wildman–Crippen LogP) is 2.99. The maximum atomic E-state index is 13.3. The van der Waals surface area contributed by atoms with Crippen molar-refractivity contribution in [1.29, 1.82) is 0 Å². The Morgan fingerprint density at radius 3 is 2.87 bits per heavy atom. The molecule has 0 aliphatic heterocycles. The van der Waals surface area contributed by atoms with Crippen molar-refractivity contribution in [2.45, 2.75) is 26.4 Å². The Bertz CT molecular complexity index is 904. The molecule has 0 spiro atoms. The molecule has 2 heterocycles. The van der Waals surface area contributed by atoms with Gasteiger partial charge in [0.1, 0.15) is 11.5 Å². The number of nitrogens with one attached hydrogen (secondary N) is 1. The monoisotopic (exact) mass is 311 g/mol. The molecule has 1 atom stereocenters. The van der Waals surface area contributed by atoms with Crippen LogP contribution in [0.3, 0.4) is 0 Å². The fraction of sp³-hybridized carbons (Fsp3) is 0.222. The van der Waals surface area contributed by atoms with Crippen LogP contribution in [-0.2, 0) is 6.54 Å². The van der Waals surface area contributed by atoms with Crippen LogP contribution in [0, 0.1) is 12.7 Å². The molecule has 0 fully saturated rings. The molecular formula is C18H18FN3O. The molecule has 4 nitrogen and oxygen atoms in total. The third-order valence-electron chi connectivity index (χ3n) is 3.88. The van der Waals surface area contributed by atoms with E-state index in [0.717, 1.165) is 11.1 Å². The summed E-state index contributed by atoms with van der Waals surface area (Å²) in [6, 6.07) is 11.7. The molecule has 0 unspecified atom stereocenters. The molecule has 0 saturated heterocycles. The summed E-state index contributed by atoms with van der Waals surface area (Å²) >= 11 is 0. The van der Waals surface area contributed by atoms with Gasteiger partial charge in [0.15, 0.2) is 0 Å². The Morgan fingerprint density at radius 1 is 1.26 bits per heavy atom. The molecule has 23 heavy (non-hydrogen) atoms. The summed E-state index contributed by atoms with van der Waals surface area (Å²) in [5.41, 5.74) is 3.04. The Hall–Kier alpha value is -2.53. The van der Waals surface area contributed by atoms with Gasteiger partial charge in [0, 0.05) is 24.8 Å². The number of pyridine rings is 1. The highest BCUT2D eigenvalue weighted by Crippen LogP contribution is 2.14. The number of nitrogens with zero attached hydrogens (tertiary/aromatic N) is 2. The highest BCUT2D eigenvalue weighted by Gasteiger charge is 2.08. The summed E-state index contributed by atoms with van der Waals surface area (Å²) in [5, 5.41) is 3.28. The van der Waals surface area contributed by atoms with Gasteiger partial charge >= 0.3 is 0 Å². The van der Waals surface area contributed by atoms with Crippen molar-refractivity contribution in [3.05, 3.63) is 81.7 Å². The summed E-state index contributed by atoms with van der Waals surface area (Å²) in [4.78, 5) is 16.7. The van der Waals surface area contributed by atoms with Gasteiger partial charge in [0.2, 0.25) is 0 Å². The molecule has 0 aliphatic carbocycles. The van der Waals surface area contributed by atoms with Crippen molar-refractivity contribution in [2.75, 3.05) is 0 Å². The minimum atomic E-state index is -0.256. The minimum Gasteiger partial charge on any atom is -0.305 e. The molecule has 0 amide bonds. The first-order valence-electron chi connectivity index (χ1n) is 7.51. The van der Waals surface area contributed by atoms with Gasteiger partial charge in [0.25, 0.3) is 5.56 Å². The lowest BCUT2D eigenvalue weighted by Crippen LogP contribution is -2.22. The molecule has 1 aromatic carbocycles. The summed E-state index contributed by atoms with van der Waals surface area (Å²) in [6.45, 7) is 4.32. The molecule has 3 aromatic rings. The second-order valence-electron chi connectivity index (χ2n) is 5.63. The number of halogens is 1. The zero-order valence-corrected chi connectivity index (χ0v) is 13.1. The number of benzene rings is 1. The smallest absolute Gasteiger partial charge is 0.258 e. The van der Waals surface area contributed by atoms with Gasteiger partial charge in [-0.2, -0.15) is 0 Å². The van der Waals surface area contributed by atoms with E-state index in [-0.39, 0.29) is 17.4 Å². The summed E-state index contributed by atoms with van der Waals surface area (Å²) in [7, 11) is 0. The van der Waals surface area contributed by atoms with Crippen molar-refractivity contribution < 1.29 is 4.39 Å². The van der Waals surface area contributed by atoms with Crippen LogP contribution in [0.1, 0.15) is 29.8 Å². The first kappa shape index (κ1) is 15.4. The zero-order chi connectivity index (χ0) is 16.4. The number of aromatic nitrogens is 2. The van der Waals surface area contributed by atoms with Crippen molar-refractivity contribution in [3.8, 4) is 0 Å². The van der Waals surface area contributed by atoms with Crippen molar-refractivity contribution in [3.63, 3.8) is 0 Å². The van der Waals surface area contributed by atoms with E-state index < -0.39 is 0 Å². The number of aryl methyl sites for hydroxylation is 1. The molecule has 1 N–H and O–H groups in total. The first-order valence-corrected chi connectivity index (χ1v) is 7.51. The molecule has 0 bridgehead atoms. The quantitative estimate of drug-likeness (QED) is 0.806. The van der Waals surface area contributed by atoms with E-state index in [1.807, 2.05) is 32.0 Å². The van der Waals surface area contributed by atoms with Crippen LogP contribution in [0.4, 0.5) is 4.39 Å². The largest absolute Gasteiger partial charge is 0.305 e. The molecule has 2 aromatic heterocycles. The van der Waals surface area contributed by atoms with Gasteiger partial charge < -0.3 is 5.32 Å². The fourth-order valence-electron chi connectivity index (χ4n) is 2.55. The van der Waals surface area contributed by atoms with Crippen LogP contribution in [0.2, 0.25) is 0 Å². The SMILES string of the molecule is Cc1cccn2c(=O)cc(CN[C@H](C)c3cccc(F)c3)nc12. The summed E-state index contributed by atoms with van der Waals surface area (Å²) in [6.07, 6.45) is 1.71. The van der Waals surface area contributed by atoms with Gasteiger partial charge in [0.05, 0.1) is 5.69 Å². The lowest BCUT2D eigenvalue weighted by Gasteiger charge is -2.14. The molecule has 0 saturated carbocycles. The first-order chi connectivity index (χ1) is 11.0. The van der Waals surface area contributed by atoms with E-state index in [1.165, 1.54) is 22.6 Å². The maximum Gasteiger partial charge on any atom is 0.258 e. The van der Waals surface area contributed by atoms with E-state index >= 15 is 0 Å². The summed E-state index contributed by atoms with van der Waals surface area (Å²) < 4.78 is 14.8. The van der Waals surface area contributed by atoms with E-state index in [2.05, 4.69) is 10.3 Å². The lowest BCUT2D eigenvalue weighted by molar-refractivity contribution is 0.559. The zero-order valence-electron chi connectivity index (χ0n) is 13.1. The van der Waals surface area contributed by atoms with Crippen molar-refractivity contribution >= 4 is 5.65 Å². The number of hydrogen-bond acceptors (Lipinski definition) is 3. The Kier molecular flexibility index (Phi) is 4.21. The second kappa shape index (κ2) is 6.30. The third-order valence-corrected chi connectivity index (χ3v) is 3.88. The number of hydrogen-bond donors (Lipinski definition) is 1. The van der Waals surface area contributed by atoms with Crippen LogP contribution in [0.25, 0.3) is 5.65 Å². The predicted molar refractivity (Wildman–Crippen MR) is 87.9 cm³/mol. The number of fused-ring (bicyclic) bond motifs is 1. The Labute approximate surface area is 133 Å². The van der Waals surface area contributed by atoms with E-state index in [0.29, 0.717) is 17.9 Å². The van der Waals surface area contributed by atoms with Crippen LogP contribution >= 0.6 is 0 Å². The molecule has 0 aliphatic rings. The standard InChI is InChI=1S/C18H18FN3O/c1-12-5-4-8-22-17(23)10-16(21-18(12)22)11-20-13(2)14-6-3-7-15(19)9-14/h3-10,13,20H,11H2,1-2H3/t13-/m1/s1. The fourth-order valence-corrected chi connectivity index (χ4v) is 2.55. The van der Waals surface area contributed by atoms with E-state index in [9.17, 15) is 9.18 Å². The van der Waals surface area contributed by atoms with Gasteiger partial charge in [-0.3, -0.25) is 9.20 Å². The normalized spacial score (nSPS) is 12.5. The van der Waals surface area contributed by atoms with Gasteiger partial charge in [-0.1, -0.05) is 18.2 Å². The minimum absolute atomic E-state index is 0.0391. The van der Waals surface area contributed by atoms with Crippen LogP contribution in [0.15, 0.2) is 53.5 Å². The molecule has 3 rings (SSSR count). The second-order valence-corrected chi connectivity index (χ2v) is 5.63.